The van der Waals surface area contributed by atoms with Crippen LogP contribution in [0.25, 0.3) is 0 Å². The van der Waals surface area contributed by atoms with Gasteiger partial charge in [-0.25, -0.2) is 0 Å². The Morgan fingerprint density at radius 1 is 1.18 bits per heavy atom. The molecule has 0 aromatic carbocycles. The second kappa shape index (κ2) is 12.3. The van der Waals surface area contributed by atoms with Crippen LogP contribution in [0, 0.1) is 5.92 Å². The minimum Gasteiger partial charge on any atom is -0.423 e. The molecule has 4 heteroatoms. The van der Waals surface area contributed by atoms with Crippen molar-refractivity contribution in [3.8, 4) is 0 Å². The number of ether oxygens (including phenoxy) is 2. The summed E-state index contributed by atoms with van der Waals surface area (Å²) in [6.07, 6.45) is 4.28. The molecule has 0 saturated carbocycles. The Hall–Kier alpha value is -0.163. The predicted octanol–water partition coefficient (Wildman–Crippen LogP) is 2.51. The van der Waals surface area contributed by atoms with Crippen molar-refractivity contribution in [3.63, 3.8) is 0 Å². The van der Waals surface area contributed by atoms with E-state index in [1.165, 1.54) is 6.42 Å². The molecule has 0 aromatic heterocycles. The summed E-state index contributed by atoms with van der Waals surface area (Å²) in [6.45, 7) is 12.2. The molecular weight excluding hydrogens is 232 g/mol. The van der Waals surface area contributed by atoms with Gasteiger partial charge in [0.15, 0.2) is 16.1 Å². The first-order valence-corrected chi connectivity index (χ1v) is 8.29. The van der Waals surface area contributed by atoms with Crippen molar-refractivity contribution >= 4 is 9.76 Å². The maximum Gasteiger partial charge on any atom is 0.166 e. The molecule has 0 rings (SSSR count). The topological polar surface area (TPSA) is 27.7 Å². The van der Waals surface area contributed by atoms with Crippen molar-refractivity contribution in [3.05, 3.63) is 12.7 Å². The lowest BCUT2D eigenvalue weighted by Crippen LogP contribution is -2.21. The number of hydrogen-bond donors (Lipinski definition) is 0. The van der Waals surface area contributed by atoms with E-state index in [1.54, 1.807) is 0 Å². The zero-order valence-electron chi connectivity index (χ0n) is 11.6. The Kier molecular flexibility index (Phi) is 12.2. The summed E-state index contributed by atoms with van der Waals surface area (Å²) in [7, 11) is -0.544. The molecule has 0 saturated heterocycles. The third kappa shape index (κ3) is 9.53. The lowest BCUT2D eigenvalue weighted by molar-refractivity contribution is -0.124. The Morgan fingerprint density at radius 2 is 1.82 bits per heavy atom. The molecule has 1 atom stereocenters. The molecule has 17 heavy (non-hydrogen) atoms. The molecule has 0 aliphatic carbocycles. The first-order chi connectivity index (χ1) is 8.28. The van der Waals surface area contributed by atoms with Crippen molar-refractivity contribution in [2.75, 3.05) is 19.8 Å². The first kappa shape index (κ1) is 16.8. The van der Waals surface area contributed by atoms with Gasteiger partial charge in [-0.2, -0.15) is 0 Å². The molecule has 0 N–H and O–H groups in total. The van der Waals surface area contributed by atoms with Crippen LogP contribution in [0.1, 0.15) is 33.6 Å². The van der Waals surface area contributed by atoms with E-state index in [9.17, 15) is 0 Å². The van der Waals surface area contributed by atoms with Gasteiger partial charge in [-0.05, 0) is 26.2 Å². The molecule has 3 nitrogen and oxygen atoms in total. The molecule has 0 radical (unpaired) electrons. The summed E-state index contributed by atoms with van der Waals surface area (Å²) in [5.74, 6) is 0.505. The van der Waals surface area contributed by atoms with Crippen molar-refractivity contribution < 1.29 is 13.9 Å². The van der Waals surface area contributed by atoms with E-state index in [0.29, 0.717) is 19.1 Å². The Balaban J connectivity index is 3.61. The van der Waals surface area contributed by atoms with Gasteiger partial charge >= 0.3 is 0 Å². The summed E-state index contributed by atoms with van der Waals surface area (Å²) in [5, 5.41) is 0. The van der Waals surface area contributed by atoms with Crippen LogP contribution < -0.4 is 0 Å². The SMILES string of the molecule is C=CC(CCC)CO[SiH2]CC(OCC)OCC. The Morgan fingerprint density at radius 3 is 2.29 bits per heavy atom. The summed E-state index contributed by atoms with van der Waals surface area (Å²) in [4.78, 5) is 0. The van der Waals surface area contributed by atoms with Gasteiger partial charge in [-0.1, -0.05) is 19.4 Å². The van der Waals surface area contributed by atoms with Crippen LogP contribution in [0.2, 0.25) is 6.04 Å². The molecule has 0 aromatic rings. The highest BCUT2D eigenvalue weighted by atomic mass is 28.2. The molecule has 0 aliphatic rings. The summed E-state index contributed by atoms with van der Waals surface area (Å²) in [5.41, 5.74) is 0. The summed E-state index contributed by atoms with van der Waals surface area (Å²) < 4.78 is 16.7. The number of rotatable bonds is 12. The van der Waals surface area contributed by atoms with Crippen LogP contribution in [0.4, 0.5) is 0 Å². The monoisotopic (exact) mass is 260 g/mol. The average molecular weight is 260 g/mol. The van der Waals surface area contributed by atoms with Gasteiger partial charge in [0.2, 0.25) is 0 Å². The van der Waals surface area contributed by atoms with Crippen LogP contribution >= 0.6 is 0 Å². The maximum atomic E-state index is 5.77. The van der Waals surface area contributed by atoms with Crippen LogP contribution in [0.3, 0.4) is 0 Å². The number of hydrogen-bond acceptors (Lipinski definition) is 3. The van der Waals surface area contributed by atoms with Crippen LogP contribution in [0.5, 0.6) is 0 Å². The molecular formula is C13H28O3Si. The molecule has 102 valence electrons. The third-order valence-corrected chi connectivity index (χ3v) is 3.76. The fourth-order valence-electron chi connectivity index (χ4n) is 1.64. The zero-order chi connectivity index (χ0) is 12.9. The molecule has 0 aliphatic heterocycles. The van der Waals surface area contributed by atoms with Gasteiger partial charge in [0.25, 0.3) is 0 Å². The quantitative estimate of drug-likeness (QED) is 0.233. The fourth-order valence-corrected chi connectivity index (χ4v) is 2.80. The van der Waals surface area contributed by atoms with Crippen molar-refractivity contribution in [2.45, 2.75) is 45.9 Å². The summed E-state index contributed by atoms with van der Waals surface area (Å²) >= 11 is 0. The normalized spacial score (nSPS) is 13.6. The average Bonchev–Trinajstić information content (AvgIpc) is 2.33. The van der Waals surface area contributed by atoms with Gasteiger partial charge in [-0.15, -0.1) is 6.58 Å². The molecule has 0 spiro atoms. The molecule has 0 amide bonds. The minimum atomic E-state index is -0.544. The second-order valence-corrected chi connectivity index (χ2v) is 5.38. The molecule has 1 unspecified atom stereocenters. The lowest BCUT2D eigenvalue weighted by Gasteiger charge is -2.17. The highest BCUT2D eigenvalue weighted by Gasteiger charge is 2.09. The largest absolute Gasteiger partial charge is 0.423 e. The van der Waals surface area contributed by atoms with E-state index in [2.05, 4.69) is 13.5 Å². The van der Waals surface area contributed by atoms with Crippen LogP contribution in [-0.2, 0) is 13.9 Å². The Bertz CT molecular complexity index is 170. The van der Waals surface area contributed by atoms with Crippen LogP contribution in [-0.4, -0.2) is 35.9 Å². The highest BCUT2D eigenvalue weighted by molar-refractivity contribution is 6.27. The lowest BCUT2D eigenvalue weighted by atomic mass is 10.1. The van der Waals surface area contributed by atoms with E-state index in [4.69, 9.17) is 13.9 Å². The minimum absolute atomic E-state index is 0.0648. The maximum absolute atomic E-state index is 5.77. The zero-order valence-corrected chi connectivity index (χ0v) is 13.0. The van der Waals surface area contributed by atoms with Gasteiger partial charge in [0.05, 0.1) is 0 Å². The second-order valence-electron chi connectivity index (χ2n) is 3.99. The van der Waals surface area contributed by atoms with Crippen molar-refractivity contribution in [2.24, 2.45) is 5.92 Å². The van der Waals surface area contributed by atoms with Gasteiger partial charge in [0, 0.05) is 25.9 Å². The van der Waals surface area contributed by atoms with Crippen LogP contribution in [0.15, 0.2) is 12.7 Å². The van der Waals surface area contributed by atoms with Crippen molar-refractivity contribution in [1.29, 1.82) is 0 Å². The highest BCUT2D eigenvalue weighted by Crippen LogP contribution is 2.08. The van der Waals surface area contributed by atoms with Gasteiger partial charge < -0.3 is 13.9 Å². The van der Waals surface area contributed by atoms with E-state index < -0.39 is 9.76 Å². The van der Waals surface area contributed by atoms with Gasteiger partial charge in [0.1, 0.15) is 0 Å². The van der Waals surface area contributed by atoms with E-state index in [1.807, 2.05) is 19.9 Å². The fraction of sp³-hybridized carbons (Fsp3) is 0.846. The smallest absolute Gasteiger partial charge is 0.166 e. The van der Waals surface area contributed by atoms with E-state index in [-0.39, 0.29) is 6.29 Å². The molecule has 0 bridgehead atoms. The molecule has 0 heterocycles. The van der Waals surface area contributed by atoms with E-state index in [0.717, 1.165) is 19.1 Å². The summed E-state index contributed by atoms with van der Waals surface area (Å²) in [6, 6.07) is 0.928. The first-order valence-electron chi connectivity index (χ1n) is 6.71. The Labute approximate surface area is 108 Å². The van der Waals surface area contributed by atoms with Crippen molar-refractivity contribution in [1.82, 2.24) is 0 Å². The van der Waals surface area contributed by atoms with Gasteiger partial charge in [-0.3, -0.25) is 0 Å². The van der Waals surface area contributed by atoms with E-state index >= 15 is 0 Å². The third-order valence-electron chi connectivity index (χ3n) is 2.53. The molecule has 0 fully saturated rings. The predicted molar refractivity (Wildman–Crippen MR) is 74.9 cm³/mol. The standard InChI is InChI=1S/C13H28O3Si/c1-5-9-12(6-2)10-16-17-11-13(14-7-3)15-8-4/h6,12-13H,2,5,7-11,17H2,1,3-4H3.